The van der Waals surface area contributed by atoms with Crippen LogP contribution in [0.2, 0.25) is 0 Å². The number of nitrogens with zero attached hydrogens (tertiary/aromatic N) is 3. The fraction of sp³-hybridized carbons (Fsp3) is 0.375. The zero-order chi connectivity index (χ0) is 14.2. The van der Waals surface area contributed by atoms with Crippen LogP contribution in [0.25, 0.3) is 11.0 Å². The minimum absolute atomic E-state index is 0.343. The van der Waals surface area contributed by atoms with Crippen molar-refractivity contribution in [3.05, 3.63) is 47.9 Å². The van der Waals surface area contributed by atoms with E-state index in [0.717, 1.165) is 48.7 Å². The fourth-order valence-electron chi connectivity index (χ4n) is 2.99. The lowest BCUT2D eigenvalue weighted by molar-refractivity contribution is 0.293. The van der Waals surface area contributed by atoms with Gasteiger partial charge in [-0.1, -0.05) is 18.2 Å². The summed E-state index contributed by atoms with van der Waals surface area (Å²) in [5, 5.41) is 9.22. The maximum absolute atomic E-state index is 5.88. The molecule has 1 aromatic carbocycles. The number of aryl methyl sites for hydroxylation is 1. The number of aromatic nitrogens is 2. The first kappa shape index (κ1) is 12.6. The molecule has 4 rings (SSSR count). The highest BCUT2D eigenvalue weighted by molar-refractivity contribution is 5.77. The van der Waals surface area contributed by atoms with Gasteiger partial charge in [-0.05, 0) is 25.1 Å². The molecule has 0 spiro atoms. The molecule has 108 valence electrons. The number of likely N-dealkylation sites (tertiary alicyclic amines) is 1. The molecule has 1 atom stereocenters. The predicted octanol–water partition coefficient (Wildman–Crippen LogP) is 3.11. The van der Waals surface area contributed by atoms with E-state index in [1.807, 2.05) is 25.1 Å². The van der Waals surface area contributed by atoms with Crippen LogP contribution in [-0.2, 0) is 6.54 Å². The Morgan fingerprint density at radius 1 is 1.24 bits per heavy atom. The summed E-state index contributed by atoms with van der Waals surface area (Å²) >= 11 is 0. The molecule has 1 unspecified atom stereocenters. The van der Waals surface area contributed by atoms with Crippen molar-refractivity contribution in [3.63, 3.8) is 0 Å². The van der Waals surface area contributed by atoms with Crippen LogP contribution in [0.5, 0.6) is 0 Å². The molecule has 0 radical (unpaired) electrons. The predicted molar refractivity (Wildman–Crippen MR) is 77.9 cm³/mol. The third-order valence-corrected chi connectivity index (χ3v) is 4.02. The summed E-state index contributed by atoms with van der Waals surface area (Å²) < 4.78 is 11.4. The molecular weight excluding hydrogens is 266 g/mol. The lowest BCUT2D eigenvalue weighted by Gasteiger charge is -2.12. The summed E-state index contributed by atoms with van der Waals surface area (Å²) in [6.07, 6.45) is 1.06. The summed E-state index contributed by atoms with van der Waals surface area (Å²) in [5.41, 5.74) is 0.954. The van der Waals surface area contributed by atoms with E-state index in [-0.39, 0.29) is 0 Å². The molecule has 3 aromatic rings. The van der Waals surface area contributed by atoms with E-state index in [4.69, 9.17) is 8.83 Å². The van der Waals surface area contributed by atoms with E-state index < -0.39 is 0 Å². The van der Waals surface area contributed by atoms with E-state index in [0.29, 0.717) is 11.8 Å². The van der Waals surface area contributed by atoms with Crippen LogP contribution in [0.4, 0.5) is 0 Å². The van der Waals surface area contributed by atoms with Gasteiger partial charge in [-0.3, -0.25) is 4.90 Å². The quantitative estimate of drug-likeness (QED) is 0.739. The van der Waals surface area contributed by atoms with Gasteiger partial charge in [-0.15, -0.1) is 10.2 Å². The Hall–Kier alpha value is -2.14. The third kappa shape index (κ3) is 2.45. The fourth-order valence-corrected chi connectivity index (χ4v) is 2.99. The van der Waals surface area contributed by atoms with Gasteiger partial charge in [0, 0.05) is 18.9 Å². The molecule has 3 heterocycles. The maximum Gasteiger partial charge on any atom is 0.220 e. The van der Waals surface area contributed by atoms with Crippen LogP contribution in [0.3, 0.4) is 0 Å². The van der Waals surface area contributed by atoms with E-state index in [9.17, 15) is 0 Å². The first-order chi connectivity index (χ1) is 10.3. The number of hydrogen-bond acceptors (Lipinski definition) is 5. The second kappa shape index (κ2) is 5.00. The molecule has 0 aliphatic carbocycles. The van der Waals surface area contributed by atoms with Gasteiger partial charge in [-0.2, -0.15) is 0 Å². The Labute approximate surface area is 122 Å². The van der Waals surface area contributed by atoms with E-state index in [1.165, 1.54) is 0 Å². The summed E-state index contributed by atoms with van der Waals surface area (Å²) in [5.74, 6) is 2.76. The lowest BCUT2D eigenvalue weighted by atomic mass is 10.1. The Morgan fingerprint density at radius 3 is 2.95 bits per heavy atom. The molecule has 5 nitrogen and oxygen atoms in total. The van der Waals surface area contributed by atoms with Gasteiger partial charge in [0.2, 0.25) is 11.8 Å². The largest absolute Gasteiger partial charge is 0.460 e. The van der Waals surface area contributed by atoms with Crippen LogP contribution >= 0.6 is 0 Å². The lowest BCUT2D eigenvalue weighted by Crippen LogP contribution is -2.19. The molecule has 1 fully saturated rings. The van der Waals surface area contributed by atoms with Crippen molar-refractivity contribution in [3.8, 4) is 0 Å². The number of hydrogen-bond donors (Lipinski definition) is 0. The average molecular weight is 283 g/mol. The summed E-state index contributed by atoms with van der Waals surface area (Å²) in [4.78, 5) is 2.38. The third-order valence-electron chi connectivity index (χ3n) is 4.02. The smallest absolute Gasteiger partial charge is 0.220 e. The van der Waals surface area contributed by atoms with Gasteiger partial charge in [-0.25, -0.2) is 0 Å². The van der Waals surface area contributed by atoms with Crippen LogP contribution in [-0.4, -0.2) is 28.2 Å². The molecule has 0 saturated carbocycles. The Balaban J connectivity index is 1.46. The van der Waals surface area contributed by atoms with Crippen LogP contribution in [0.15, 0.2) is 39.2 Å². The highest BCUT2D eigenvalue weighted by Crippen LogP contribution is 2.28. The number of para-hydroxylation sites is 1. The van der Waals surface area contributed by atoms with Gasteiger partial charge in [0.05, 0.1) is 12.5 Å². The Bertz CT molecular complexity index is 729. The van der Waals surface area contributed by atoms with Crippen molar-refractivity contribution in [1.82, 2.24) is 15.1 Å². The summed E-state index contributed by atoms with van der Waals surface area (Å²) in [6, 6.07) is 10.2. The van der Waals surface area contributed by atoms with Crippen molar-refractivity contribution in [2.24, 2.45) is 0 Å². The highest BCUT2D eigenvalue weighted by atomic mass is 16.4. The van der Waals surface area contributed by atoms with Gasteiger partial charge < -0.3 is 8.83 Å². The van der Waals surface area contributed by atoms with Gasteiger partial charge >= 0.3 is 0 Å². The van der Waals surface area contributed by atoms with Crippen molar-refractivity contribution in [1.29, 1.82) is 0 Å². The molecule has 0 N–H and O–H groups in total. The monoisotopic (exact) mass is 283 g/mol. The zero-order valence-electron chi connectivity index (χ0n) is 12.0. The van der Waals surface area contributed by atoms with Crippen LogP contribution < -0.4 is 0 Å². The van der Waals surface area contributed by atoms with E-state index in [1.54, 1.807) is 0 Å². The second-order valence-electron chi connectivity index (χ2n) is 5.63. The van der Waals surface area contributed by atoms with Gasteiger partial charge in [0.1, 0.15) is 11.3 Å². The standard InChI is InChI=1S/C16H17N3O2/c1-11-17-18-16(20-11)13-6-7-19(9-13)10-14-8-12-4-2-3-5-15(12)21-14/h2-5,8,13H,6-7,9-10H2,1H3. The molecule has 1 aliphatic rings. The maximum atomic E-state index is 5.88. The molecule has 1 aliphatic heterocycles. The molecule has 0 bridgehead atoms. The van der Waals surface area contributed by atoms with Crippen LogP contribution in [0.1, 0.15) is 29.9 Å². The molecule has 2 aromatic heterocycles. The first-order valence-electron chi connectivity index (χ1n) is 7.28. The van der Waals surface area contributed by atoms with Crippen molar-refractivity contribution < 1.29 is 8.83 Å². The molecule has 5 heteroatoms. The summed E-state index contributed by atoms with van der Waals surface area (Å²) in [6.45, 7) is 4.64. The minimum Gasteiger partial charge on any atom is -0.460 e. The van der Waals surface area contributed by atoms with E-state index in [2.05, 4.69) is 27.2 Å². The Morgan fingerprint density at radius 2 is 2.14 bits per heavy atom. The topological polar surface area (TPSA) is 55.3 Å². The number of furan rings is 1. The number of fused-ring (bicyclic) bond motifs is 1. The number of benzene rings is 1. The highest BCUT2D eigenvalue weighted by Gasteiger charge is 2.28. The van der Waals surface area contributed by atoms with Crippen molar-refractivity contribution in [2.45, 2.75) is 25.8 Å². The molecule has 0 amide bonds. The average Bonchev–Trinajstić information content (AvgIpc) is 3.17. The SMILES string of the molecule is Cc1nnc(C2CCN(Cc3cc4ccccc4o3)C2)o1. The minimum atomic E-state index is 0.343. The summed E-state index contributed by atoms with van der Waals surface area (Å²) in [7, 11) is 0. The molecular formula is C16H17N3O2. The first-order valence-corrected chi connectivity index (χ1v) is 7.28. The second-order valence-corrected chi connectivity index (χ2v) is 5.63. The molecule has 21 heavy (non-hydrogen) atoms. The van der Waals surface area contributed by atoms with Gasteiger partial charge in [0.25, 0.3) is 0 Å². The van der Waals surface area contributed by atoms with Crippen molar-refractivity contribution in [2.75, 3.05) is 13.1 Å². The van der Waals surface area contributed by atoms with E-state index >= 15 is 0 Å². The van der Waals surface area contributed by atoms with Crippen molar-refractivity contribution >= 4 is 11.0 Å². The Kier molecular flexibility index (Phi) is 3.00. The van der Waals surface area contributed by atoms with Gasteiger partial charge in [0.15, 0.2) is 0 Å². The number of rotatable bonds is 3. The normalized spacial score (nSPS) is 19.6. The van der Waals surface area contributed by atoms with Crippen LogP contribution in [0, 0.1) is 6.92 Å². The zero-order valence-corrected chi connectivity index (χ0v) is 12.0. The molecule has 1 saturated heterocycles.